The van der Waals surface area contributed by atoms with Gasteiger partial charge in [-0.3, -0.25) is 9.78 Å². The fraction of sp³-hybridized carbons (Fsp3) is 0.167. The van der Waals surface area contributed by atoms with Crippen molar-refractivity contribution in [1.29, 1.82) is 0 Å². The molecule has 0 atom stereocenters. The van der Waals surface area contributed by atoms with Crippen molar-refractivity contribution >= 4 is 11.9 Å². The minimum absolute atomic E-state index is 0.0411. The van der Waals surface area contributed by atoms with Crippen molar-refractivity contribution in [3.63, 3.8) is 0 Å². The van der Waals surface area contributed by atoms with Crippen molar-refractivity contribution < 1.29 is 9.53 Å². The number of esters is 1. The van der Waals surface area contributed by atoms with Crippen LogP contribution in [0.5, 0.6) is 0 Å². The highest BCUT2D eigenvalue weighted by atomic mass is 16.5. The molecule has 0 bridgehead atoms. The molecule has 1 N–H and O–H groups in total. The topological polar surface area (TPSA) is 77.0 Å². The van der Waals surface area contributed by atoms with Crippen LogP contribution in [-0.4, -0.2) is 34.6 Å². The largest absolute Gasteiger partial charge is 0.468 e. The summed E-state index contributed by atoms with van der Waals surface area (Å²) in [7, 11) is 1.33. The lowest BCUT2D eigenvalue weighted by Gasteiger charge is -2.04. The Morgan fingerprint density at radius 3 is 2.67 bits per heavy atom. The van der Waals surface area contributed by atoms with E-state index in [0.717, 1.165) is 11.3 Å². The van der Waals surface area contributed by atoms with Gasteiger partial charge in [0.15, 0.2) is 0 Å². The zero-order valence-corrected chi connectivity index (χ0v) is 9.83. The standard InChI is InChI=1S/C12H12N4O2/c1-18-11(17)8-16-12-14-6-9(7-15-12)10-4-2-3-5-13-10/h2-7H,8H2,1H3,(H,14,15,16). The van der Waals surface area contributed by atoms with Gasteiger partial charge < -0.3 is 10.1 Å². The SMILES string of the molecule is COC(=O)CNc1ncc(-c2ccccn2)cn1. The molecule has 92 valence electrons. The summed E-state index contributed by atoms with van der Waals surface area (Å²) in [6.45, 7) is 0.0411. The number of hydrogen-bond donors (Lipinski definition) is 1. The molecule has 0 radical (unpaired) electrons. The van der Waals surface area contributed by atoms with Gasteiger partial charge in [0.2, 0.25) is 5.95 Å². The molecular weight excluding hydrogens is 232 g/mol. The van der Waals surface area contributed by atoms with E-state index in [1.54, 1.807) is 18.6 Å². The van der Waals surface area contributed by atoms with Crippen molar-refractivity contribution in [2.24, 2.45) is 0 Å². The number of aromatic nitrogens is 3. The van der Waals surface area contributed by atoms with Gasteiger partial charge in [-0.1, -0.05) is 6.07 Å². The van der Waals surface area contributed by atoms with Gasteiger partial charge >= 0.3 is 5.97 Å². The second-order valence-corrected chi connectivity index (χ2v) is 3.44. The number of rotatable bonds is 4. The zero-order chi connectivity index (χ0) is 12.8. The van der Waals surface area contributed by atoms with Crippen LogP contribution in [0.1, 0.15) is 0 Å². The fourth-order valence-corrected chi connectivity index (χ4v) is 1.31. The van der Waals surface area contributed by atoms with E-state index < -0.39 is 0 Å². The normalized spacial score (nSPS) is 9.83. The lowest BCUT2D eigenvalue weighted by Crippen LogP contribution is -2.16. The first-order chi connectivity index (χ1) is 8.79. The van der Waals surface area contributed by atoms with Gasteiger partial charge in [-0.15, -0.1) is 0 Å². The summed E-state index contributed by atoms with van der Waals surface area (Å²) in [4.78, 5) is 23.3. The Balaban J connectivity index is 2.04. The Labute approximate surface area is 104 Å². The molecule has 0 amide bonds. The van der Waals surface area contributed by atoms with Crippen molar-refractivity contribution in [2.75, 3.05) is 19.0 Å². The first kappa shape index (κ1) is 12.0. The van der Waals surface area contributed by atoms with Crippen LogP contribution >= 0.6 is 0 Å². The molecule has 0 saturated heterocycles. The van der Waals surface area contributed by atoms with Crippen LogP contribution in [0.25, 0.3) is 11.3 Å². The predicted octanol–water partition coefficient (Wildman–Crippen LogP) is 1.12. The predicted molar refractivity (Wildman–Crippen MR) is 65.8 cm³/mol. The van der Waals surface area contributed by atoms with Gasteiger partial charge in [-0.25, -0.2) is 9.97 Å². The summed E-state index contributed by atoms with van der Waals surface area (Å²) >= 11 is 0. The lowest BCUT2D eigenvalue weighted by molar-refractivity contribution is -0.138. The van der Waals surface area contributed by atoms with E-state index in [1.807, 2.05) is 18.2 Å². The Morgan fingerprint density at radius 2 is 2.06 bits per heavy atom. The van der Waals surface area contributed by atoms with Gasteiger partial charge in [0.25, 0.3) is 0 Å². The maximum Gasteiger partial charge on any atom is 0.325 e. The van der Waals surface area contributed by atoms with Crippen molar-refractivity contribution in [1.82, 2.24) is 15.0 Å². The maximum absolute atomic E-state index is 10.9. The second-order valence-electron chi connectivity index (χ2n) is 3.44. The van der Waals surface area contributed by atoms with E-state index in [-0.39, 0.29) is 12.5 Å². The number of methoxy groups -OCH3 is 1. The highest BCUT2D eigenvalue weighted by Crippen LogP contribution is 2.14. The second kappa shape index (κ2) is 5.72. The highest BCUT2D eigenvalue weighted by Gasteiger charge is 2.03. The highest BCUT2D eigenvalue weighted by molar-refractivity contribution is 5.74. The first-order valence-electron chi connectivity index (χ1n) is 5.34. The third kappa shape index (κ3) is 3.00. The smallest absolute Gasteiger partial charge is 0.325 e. The molecule has 0 fully saturated rings. The minimum Gasteiger partial charge on any atom is -0.468 e. The molecule has 0 spiro atoms. The van der Waals surface area contributed by atoms with E-state index in [4.69, 9.17) is 0 Å². The quantitative estimate of drug-likeness (QED) is 0.812. The number of nitrogens with zero attached hydrogens (tertiary/aromatic N) is 3. The third-order valence-electron chi connectivity index (χ3n) is 2.23. The van der Waals surface area contributed by atoms with Gasteiger partial charge in [-0.05, 0) is 12.1 Å². The first-order valence-corrected chi connectivity index (χ1v) is 5.34. The van der Waals surface area contributed by atoms with Gasteiger partial charge in [-0.2, -0.15) is 0 Å². The minimum atomic E-state index is -0.368. The van der Waals surface area contributed by atoms with E-state index in [0.29, 0.717) is 5.95 Å². The fourth-order valence-electron chi connectivity index (χ4n) is 1.31. The van der Waals surface area contributed by atoms with Crippen LogP contribution in [0.2, 0.25) is 0 Å². The summed E-state index contributed by atoms with van der Waals surface area (Å²) in [6, 6.07) is 5.61. The van der Waals surface area contributed by atoms with Gasteiger partial charge in [0, 0.05) is 24.2 Å². The van der Waals surface area contributed by atoms with Crippen LogP contribution in [0.4, 0.5) is 5.95 Å². The average molecular weight is 244 g/mol. The molecule has 0 aliphatic heterocycles. The van der Waals surface area contributed by atoms with Gasteiger partial charge in [0.05, 0.1) is 12.8 Å². The molecule has 2 rings (SSSR count). The Bertz CT molecular complexity index is 513. The van der Waals surface area contributed by atoms with Crippen molar-refractivity contribution in [2.45, 2.75) is 0 Å². The lowest BCUT2D eigenvalue weighted by atomic mass is 10.2. The van der Waals surface area contributed by atoms with Crippen LogP contribution in [0.3, 0.4) is 0 Å². The van der Waals surface area contributed by atoms with Crippen LogP contribution < -0.4 is 5.32 Å². The number of ether oxygens (including phenoxy) is 1. The molecule has 18 heavy (non-hydrogen) atoms. The van der Waals surface area contributed by atoms with Crippen LogP contribution in [0, 0.1) is 0 Å². The number of nitrogens with one attached hydrogen (secondary N) is 1. The molecule has 0 aromatic carbocycles. The third-order valence-corrected chi connectivity index (χ3v) is 2.23. The summed E-state index contributed by atoms with van der Waals surface area (Å²) < 4.78 is 4.50. The van der Waals surface area contributed by atoms with Crippen molar-refractivity contribution in [3.8, 4) is 11.3 Å². The summed E-state index contributed by atoms with van der Waals surface area (Å²) in [5.74, 6) is 0.00693. The van der Waals surface area contributed by atoms with Crippen molar-refractivity contribution in [3.05, 3.63) is 36.8 Å². The average Bonchev–Trinajstić information content (AvgIpc) is 2.46. The molecule has 0 aliphatic carbocycles. The molecule has 0 saturated carbocycles. The maximum atomic E-state index is 10.9. The molecule has 6 nitrogen and oxygen atoms in total. The Hall–Kier alpha value is -2.50. The van der Waals surface area contributed by atoms with Crippen LogP contribution in [-0.2, 0) is 9.53 Å². The number of carbonyl (C=O) groups excluding carboxylic acids is 1. The van der Waals surface area contributed by atoms with Gasteiger partial charge in [0.1, 0.15) is 6.54 Å². The molecule has 2 aromatic heterocycles. The Morgan fingerprint density at radius 1 is 1.28 bits per heavy atom. The number of hydrogen-bond acceptors (Lipinski definition) is 6. The summed E-state index contributed by atoms with van der Waals surface area (Å²) in [6.07, 6.45) is 5.00. The molecule has 2 aromatic rings. The van der Waals surface area contributed by atoms with E-state index >= 15 is 0 Å². The van der Waals surface area contributed by atoms with E-state index in [9.17, 15) is 4.79 Å². The number of pyridine rings is 1. The number of anilines is 1. The Kier molecular flexibility index (Phi) is 3.80. The van der Waals surface area contributed by atoms with Crippen LogP contribution in [0.15, 0.2) is 36.8 Å². The zero-order valence-electron chi connectivity index (χ0n) is 9.83. The summed E-state index contributed by atoms with van der Waals surface area (Å²) in [5, 5.41) is 2.76. The van der Waals surface area contributed by atoms with E-state index in [1.165, 1.54) is 7.11 Å². The molecular formula is C12H12N4O2. The van der Waals surface area contributed by atoms with E-state index in [2.05, 4.69) is 25.0 Å². The molecule has 0 unspecified atom stereocenters. The molecule has 2 heterocycles. The molecule has 6 heteroatoms. The molecule has 0 aliphatic rings. The monoisotopic (exact) mass is 244 g/mol. The summed E-state index contributed by atoms with van der Waals surface area (Å²) in [5.41, 5.74) is 1.62. The number of carbonyl (C=O) groups is 1.